The van der Waals surface area contributed by atoms with Gasteiger partial charge in [0, 0.05) is 25.4 Å². The summed E-state index contributed by atoms with van der Waals surface area (Å²) in [4.78, 5) is 25.4. The quantitative estimate of drug-likeness (QED) is 0.489. The van der Waals surface area contributed by atoms with Crippen molar-refractivity contribution in [2.24, 2.45) is 0 Å². The van der Waals surface area contributed by atoms with Crippen LogP contribution in [-0.2, 0) is 16.1 Å². The van der Waals surface area contributed by atoms with Gasteiger partial charge in [-0.3, -0.25) is 9.59 Å². The predicted molar refractivity (Wildman–Crippen MR) is 96.0 cm³/mol. The monoisotopic (exact) mass is 352 g/mol. The lowest BCUT2D eigenvalue weighted by atomic mass is 10.2. The standard InChI is InChI=1S/C19H17FN4O2/c1-13(25)24(18-8-6-17(22)7-9-18)19(26)15(10-21)12-23-11-14-2-4-16(20)5-3-14/h2-9,12,23H,11,22H2,1H3/b15-12-. The Morgan fingerprint density at radius 3 is 2.35 bits per heavy atom. The van der Waals surface area contributed by atoms with E-state index in [4.69, 9.17) is 5.73 Å². The smallest absolute Gasteiger partial charge is 0.277 e. The molecule has 3 N–H and O–H groups in total. The molecule has 0 aromatic heterocycles. The molecule has 0 atom stereocenters. The maximum atomic E-state index is 12.9. The zero-order valence-electron chi connectivity index (χ0n) is 14.1. The van der Waals surface area contributed by atoms with Crippen molar-refractivity contribution in [3.63, 3.8) is 0 Å². The zero-order chi connectivity index (χ0) is 19.1. The molecule has 7 heteroatoms. The van der Waals surface area contributed by atoms with Crippen molar-refractivity contribution in [3.8, 4) is 6.07 Å². The number of benzene rings is 2. The molecule has 2 rings (SSSR count). The fraction of sp³-hybridized carbons (Fsp3) is 0.105. The summed E-state index contributed by atoms with van der Waals surface area (Å²) in [5, 5.41) is 12.1. The number of hydrogen-bond acceptors (Lipinski definition) is 5. The second-order valence-electron chi connectivity index (χ2n) is 5.43. The molecule has 132 valence electrons. The van der Waals surface area contributed by atoms with Gasteiger partial charge < -0.3 is 11.1 Å². The van der Waals surface area contributed by atoms with Gasteiger partial charge in [0.2, 0.25) is 5.91 Å². The first-order valence-corrected chi connectivity index (χ1v) is 7.71. The summed E-state index contributed by atoms with van der Waals surface area (Å²) in [6.07, 6.45) is 1.24. The topological polar surface area (TPSA) is 99.2 Å². The van der Waals surface area contributed by atoms with E-state index in [2.05, 4.69) is 5.32 Å². The van der Waals surface area contributed by atoms with E-state index in [1.54, 1.807) is 30.3 Å². The Morgan fingerprint density at radius 1 is 1.19 bits per heavy atom. The van der Waals surface area contributed by atoms with Crippen LogP contribution in [0.3, 0.4) is 0 Å². The number of halogens is 1. The molecule has 2 aromatic rings. The van der Waals surface area contributed by atoms with Crippen molar-refractivity contribution in [1.82, 2.24) is 5.32 Å². The minimum Gasteiger partial charge on any atom is -0.399 e. The van der Waals surface area contributed by atoms with Crippen molar-refractivity contribution in [3.05, 3.63) is 71.7 Å². The minimum atomic E-state index is -0.753. The normalized spacial score (nSPS) is 10.7. The van der Waals surface area contributed by atoms with Gasteiger partial charge in [-0.25, -0.2) is 9.29 Å². The summed E-state index contributed by atoms with van der Waals surface area (Å²) in [5.74, 6) is -1.63. The van der Waals surface area contributed by atoms with E-state index in [1.807, 2.05) is 0 Å². The molecule has 0 spiro atoms. The minimum absolute atomic E-state index is 0.237. The van der Waals surface area contributed by atoms with Gasteiger partial charge in [0.1, 0.15) is 17.5 Å². The van der Waals surface area contributed by atoms with E-state index in [0.717, 1.165) is 10.5 Å². The van der Waals surface area contributed by atoms with Gasteiger partial charge >= 0.3 is 0 Å². The van der Waals surface area contributed by atoms with E-state index in [9.17, 15) is 19.2 Å². The third kappa shape index (κ3) is 4.68. The van der Waals surface area contributed by atoms with Crippen molar-refractivity contribution >= 4 is 23.2 Å². The number of amides is 2. The fourth-order valence-electron chi connectivity index (χ4n) is 2.20. The number of nitriles is 1. The fourth-order valence-corrected chi connectivity index (χ4v) is 2.20. The highest BCUT2D eigenvalue weighted by atomic mass is 19.1. The Balaban J connectivity index is 2.16. The van der Waals surface area contributed by atoms with Gasteiger partial charge in [0.05, 0.1) is 5.69 Å². The van der Waals surface area contributed by atoms with Gasteiger partial charge in [-0.05, 0) is 42.0 Å². The Bertz CT molecular complexity index is 868. The van der Waals surface area contributed by atoms with Crippen molar-refractivity contribution in [2.45, 2.75) is 13.5 Å². The zero-order valence-corrected chi connectivity index (χ0v) is 14.1. The molecule has 0 bridgehead atoms. The van der Waals surface area contributed by atoms with E-state index in [0.29, 0.717) is 17.9 Å². The third-order valence-electron chi connectivity index (χ3n) is 3.49. The highest BCUT2D eigenvalue weighted by molar-refractivity contribution is 6.21. The molecule has 6 nitrogen and oxygen atoms in total. The number of nitrogens with zero attached hydrogens (tertiary/aromatic N) is 2. The molecule has 0 heterocycles. The maximum absolute atomic E-state index is 12.9. The second kappa shape index (κ2) is 8.44. The van der Waals surface area contributed by atoms with Crippen molar-refractivity contribution < 1.29 is 14.0 Å². The van der Waals surface area contributed by atoms with E-state index in [1.165, 1.54) is 37.4 Å². The average Bonchev–Trinajstić information content (AvgIpc) is 2.62. The van der Waals surface area contributed by atoms with Crippen LogP contribution in [-0.4, -0.2) is 11.8 Å². The van der Waals surface area contributed by atoms with Crippen molar-refractivity contribution in [2.75, 3.05) is 10.6 Å². The lowest BCUT2D eigenvalue weighted by Crippen LogP contribution is -2.36. The van der Waals surface area contributed by atoms with Crippen LogP contribution in [0.25, 0.3) is 0 Å². The Morgan fingerprint density at radius 2 is 1.81 bits per heavy atom. The molecule has 0 unspecified atom stereocenters. The van der Waals surface area contributed by atoms with Crippen LogP contribution in [0.1, 0.15) is 12.5 Å². The van der Waals surface area contributed by atoms with Crippen LogP contribution in [0.15, 0.2) is 60.3 Å². The van der Waals surface area contributed by atoms with E-state index < -0.39 is 11.8 Å². The molecular weight excluding hydrogens is 335 g/mol. The Kier molecular flexibility index (Phi) is 6.06. The summed E-state index contributed by atoms with van der Waals surface area (Å²) >= 11 is 0. The van der Waals surface area contributed by atoms with Crippen LogP contribution in [0.4, 0.5) is 15.8 Å². The number of nitrogens with one attached hydrogen (secondary N) is 1. The molecule has 2 aromatic carbocycles. The Labute approximate surface area is 150 Å². The molecule has 2 amide bonds. The lowest BCUT2D eigenvalue weighted by molar-refractivity contribution is -0.123. The summed E-state index contributed by atoms with van der Waals surface area (Å²) in [6.45, 7) is 1.52. The number of anilines is 2. The van der Waals surface area contributed by atoms with Gasteiger partial charge in [0.25, 0.3) is 5.91 Å². The summed E-state index contributed by atoms with van der Waals surface area (Å²) < 4.78 is 12.9. The molecule has 0 aliphatic carbocycles. The first-order valence-electron chi connectivity index (χ1n) is 7.71. The van der Waals surface area contributed by atoms with Crippen molar-refractivity contribution in [1.29, 1.82) is 5.26 Å². The molecule has 0 aliphatic heterocycles. The Hall–Kier alpha value is -3.66. The summed E-state index contributed by atoms with van der Waals surface area (Å²) in [7, 11) is 0. The molecule has 26 heavy (non-hydrogen) atoms. The SMILES string of the molecule is CC(=O)N(C(=O)/C(C#N)=C\NCc1ccc(F)cc1)c1ccc(N)cc1. The summed E-state index contributed by atoms with van der Waals surface area (Å²) in [6, 6.07) is 13.7. The van der Waals surface area contributed by atoms with Gasteiger partial charge in [-0.1, -0.05) is 12.1 Å². The number of imide groups is 1. The molecule has 0 saturated heterocycles. The van der Waals surface area contributed by atoms with Gasteiger partial charge in [-0.2, -0.15) is 5.26 Å². The third-order valence-corrected chi connectivity index (χ3v) is 3.49. The largest absolute Gasteiger partial charge is 0.399 e. The molecule has 0 saturated carbocycles. The first-order chi connectivity index (χ1) is 12.4. The first kappa shape index (κ1) is 18.7. The van der Waals surface area contributed by atoms with Crippen LogP contribution in [0.2, 0.25) is 0 Å². The number of rotatable bonds is 5. The summed E-state index contributed by atoms with van der Waals surface area (Å²) in [5.41, 5.74) is 6.95. The predicted octanol–water partition coefficient (Wildman–Crippen LogP) is 2.48. The molecule has 0 fully saturated rings. The van der Waals surface area contributed by atoms with E-state index in [-0.39, 0.29) is 11.4 Å². The number of hydrogen-bond donors (Lipinski definition) is 2. The number of nitrogen functional groups attached to an aromatic ring is 1. The number of carbonyl (C=O) groups is 2. The van der Waals surface area contributed by atoms with Crippen LogP contribution in [0.5, 0.6) is 0 Å². The van der Waals surface area contributed by atoms with Crippen LogP contribution < -0.4 is 16.0 Å². The number of nitrogens with two attached hydrogens (primary N) is 1. The average molecular weight is 352 g/mol. The molecular formula is C19H17FN4O2. The highest BCUT2D eigenvalue weighted by Crippen LogP contribution is 2.18. The second-order valence-corrected chi connectivity index (χ2v) is 5.43. The van der Waals surface area contributed by atoms with Crippen LogP contribution in [0, 0.1) is 17.1 Å². The number of carbonyl (C=O) groups excluding carboxylic acids is 2. The molecule has 0 aliphatic rings. The lowest BCUT2D eigenvalue weighted by Gasteiger charge is -2.19. The van der Waals surface area contributed by atoms with E-state index >= 15 is 0 Å². The maximum Gasteiger partial charge on any atom is 0.277 e. The van der Waals surface area contributed by atoms with Crippen LogP contribution >= 0.6 is 0 Å². The molecule has 0 radical (unpaired) electrons. The van der Waals surface area contributed by atoms with Gasteiger partial charge in [0.15, 0.2) is 0 Å². The van der Waals surface area contributed by atoms with Gasteiger partial charge in [-0.15, -0.1) is 0 Å². The highest BCUT2D eigenvalue weighted by Gasteiger charge is 2.23.